The van der Waals surface area contributed by atoms with Crippen molar-refractivity contribution >= 4 is 33.3 Å². The van der Waals surface area contributed by atoms with Gasteiger partial charge in [-0.1, -0.05) is 12.1 Å². The Kier molecular flexibility index (Phi) is 8.41. The number of aromatic carboxylic acids is 1. The number of benzene rings is 2. The number of carboxylic acids is 1. The SMILES string of the molecule is CCOc1cc(C(CS(C)(=O)=O)NC(=O)c2cccc(NC(C)=O)c2C(=O)O)ccc1OC. The molecule has 2 rings (SSSR count). The number of hydrogen-bond donors (Lipinski definition) is 3. The molecule has 1 unspecified atom stereocenters. The van der Waals surface area contributed by atoms with Gasteiger partial charge in [0.25, 0.3) is 5.91 Å². The maximum absolute atomic E-state index is 13.1. The van der Waals surface area contributed by atoms with Gasteiger partial charge >= 0.3 is 5.97 Å². The normalized spacial score (nSPS) is 11.9. The zero-order valence-corrected chi connectivity index (χ0v) is 19.5. The van der Waals surface area contributed by atoms with Crippen LogP contribution < -0.4 is 20.1 Å². The lowest BCUT2D eigenvalue weighted by molar-refractivity contribution is -0.114. The number of hydrogen-bond acceptors (Lipinski definition) is 7. The molecule has 0 aliphatic rings. The van der Waals surface area contributed by atoms with Crippen molar-refractivity contribution in [1.29, 1.82) is 0 Å². The third-order valence-electron chi connectivity index (χ3n) is 4.50. The molecule has 3 N–H and O–H groups in total. The van der Waals surface area contributed by atoms with Crippen molar-refractivity contribution in [3.8, 4) is 11.5 Å². The molecule has 2 aromatic rings. The van der Waals surface area contributed by atoms with E-state index in [1.54, 1.807) is 25.1 Å². The van der Waals surface area contributed by atoms with Gasteiger partial charge in [-0.25, -0.2) is 13.2 Å². The van der Waals surface area contributed by atoms with Crippen LogP contribution in [0.3, 0.4) is 0 Å². The molecule has 0 spiro atoms. The van der Waals surface area contributed by atoms with Gasteiger partial charge in [-0.2, -0.15) is 0 Å². The average Bonchev–Trinajstić information content (AvgIpc) is 2.71. The Morgan fingerprint density at radius 3 is 2.36 bits per heavy atom. The summed E-state index contributed by atoms with van der Waals surface area (Å²) in [6.45, 7) is 3.32. The monoisotopic (exact) mass is 478 g/mol. The van der Waals surface area contributed by atoms with Crippen molar-refractivity contribution in [1.82, 2.24) is 5.32 Å². The number of carboxylic acid groups (broad SMARTS) is 1. The minimum atomic E-state index is -3.55. The maximum atomic E-state index is 13.1. The summed E-state index contributed by atoms with van der Waals surface area (Å²) in [5.74, 6) is -2.39. The van der Waals surface area contributed by atoms with Gasteiger partial charge in [-0.3, -0.25) is 9.59 Å². The van der Waals surface area contributed by atoms with E-state index >= 15 is 0 Å². The Bertz CT molecular complexity index is 1160. The molecular weight excluding hydrogens is 452 g/mol. The minimum absolute atomic E-state index is 0.0506. The number of sulfone groups is 1. The van der Waals surface area contributed by atoms with Crippen LogP contribution in [-0.4, -0.2) is 57.0 Å². The van der Waals surface area contributed by atoms with Crippen molar-refractivity contribution in [3.63, 3.8) is 0 Å². The fraction of sp³-hybridized carbons (Fsp3) is 0.318. The number of nitrogens with one attached hydrogen (secondary N) is 2. The van der Waals surface area contributed by atoms with Gasteiger partial charge in [0.05, 0.1) is 42.3 Å². The molecule has 0 radical (unpaired) electrons. The number of ether oxygens (including phenoxy) is 2. The molecule has 0 aliphatic heterocycles. The van der Waals surface area contributed by atoms with Crippen LogP contribution in [0, 0.1) is 0 Å². The van der Waals surface area contributed by atoms with Crippen molar-refractivity contribution in [3.05, 3.63) is 53.1 Å². The Morgan fingerprint density at radius 1 is 1.12 bits per heavy atom. The molecule has 0 fully saturated rings. The second kappa shape index (κ2) is 10.8. The first kappa shape index (κ1) is 25.7. The molecule has 0 aromatic heterocycles. The number of rotatable bonds is 10. The summed E-state index contributed by atoms with van der Waals surface area (Å²) in [5.41, 5.74) is -0.267. The largest absolute Gasteiger partial charge is 0.493 e. The predicted molar refractivity (Wildman–Crippen MR) is 122 cm³/mol. The summed E-state index contributed by atoms with van der Waals surface area (Å²) in [6, 6.07) is 7.77. The van der Waals surface area contributed by atoms with Gasteiger partial charge in [0.15, 0.2) is 11.5 Å². The van der Waals surface area contributed by atoms with Gasteiger partial charge < -0.3 is 25.2 Å². The molecule has 0 heterocycles. The molecule has 0 saturated heterocycles. The van der Waals surface area contributed by atoms with E-state index in [4.69, 9.17) is 9.47 Å². The Labute approximate surface area is 191 Å². The van der Waals surface area contributed by atoms with Crippen LogP contribution in [0.5, 0.6) is 11.5 Å². The van der Waals surface area contributed by atoms with E-state index < -0.39 is 45.0 Å². The minimum Gasteiger partial charge on any atom is -0.493 e. The molecule has 0 aliphatic carbocycles. The first-order chi connectivity index (χ1) is 15.5. The van der Waals surface area contributed by atoms with Crippen LogP contribution >= 0.6 is 0 Å². The Balaban J connectivity index is 2.51. The standard InChI is InChI=1S/C22H26N2O8S/c1-5-32-19-11-14(9-10-18(19)31-3)17(12-33(4,29)30)24-21(26)15-7-6-8-16(23-13(2)25)20(15)22(27)28/h6-11,17H,5,12H2,1-4H3,(H,23,25)(H,24,26)(H,27,28). The quantitative estimate of drug-likeness (QED) is 0.471. The van der Waals surface area contributed by atoms with Gasteiger partial charge in [-0.15, -0.1) is 0 Å². The molecule has 2 amide bonds. The molecule has 0 saturated carbocycles. The highest BCUT2D eigenvalue weighted by atomic mass is 32.2. The van der Waals surface area contributed by atoms with Crippen molar-refractivity contribution < 1.29 is 37.4 Å². The second-order valence-corrected chi connectivity index (χ2v) is 9.36. The lowest BCUT2D eigenvalue weighted by Gasteiger charge is -2.21. The topological polar surface area (TPSA) is 148 Å². The highest BCUT2D eigenvalue weighted by Crippen LogP contribution is 2.31. The van der Waals surface area contributed by atoms with Crippen LogP contribution in [0.4, 0.5) is 5.69 Å². The van der Waals surface area contributed by atoms with E-state index in [9.17, 15) is 27.9 Å². The number of amides is 2. The second-order valence-electron chi connectivity index (χ2n) is 7.18. The van der Waals surface area contributed by atoms with E-state index in [0.29, 0.717) is 23.7 Å². The first-order valence-electron chi connectivity index (χ1n) is 9.90. The third-order valence-corrected chi connectivity index (χ3v) is 5.44. The van der Waals surface area contributed by atoms with E-state index in [0.717, 1.165) is 6.26 Å². The van der Waals surface area contributed by atoms with E-state index in [-0.39, 0.29) is 11.3 Å². The van der Waals surface area contributed by atoms with Crippen LogP contribution in [0.2, 0.25) is 0 Å². The van der Waals surface area contributed by atoms with E-state index in [1.807, 2.05) is 0 Å². The molecule has 33 heavy (non-hydrogen) atoms. The number of anilines is 1. The zero-order valence-electron chi connectivity index (χ0n) is 18.7. The third kappa shape index (κ3) is 6.94. The van der Waals surface area contributed by atoms with Crippen LogP contribution in [-0.2, 0) is 14.6 Å². The Hall–Kier alpha value is -3.60. The first-order valence-corrected chi connectivity index (χ1v) is 12.0. The summed E-state index contributed by atoms with van der Waals surface area (Å²) < 4.78 is 34.9. The molecule has 11 heteroatoms. The summed E-state index contributed by atoms with van der Waals surface area (Å²) in [4.78, 5) is 36.3. The predicted octanol–water partition coefficient (Wildman–Crippen LogP) is 2.27. The van der Waals surface area contributed by atoms with Gasteiger partial charge in [0, 0.05) is 13.2 Å². The van der Waals surface area contributed by atoms with Crippen LogP contribution in [0.1, 0.15) is 46.2 Å². The van der Waals surface area contributed by atoms with E-state index in [1.165, 1.54) is 32.2 Å². The number of carbonyl (C=O) groups excluding carboxylic acids is 2. The fourth-order valence-electron chi connectivity index (χ4n) is 3.20. The summed E-state index contributed by atoms with van der Waals surface area (Å²) in [6.07, 6.45) is 1.03. The molecule has 178 valence electrons. The molecular formula is C22H26N2O8S. The van der Waals surface area contributed by atoms with Gasteiger partial charge in [-0.05, 0) is 36.8 Å². The van der Waals surface area contributed by atoms with Crippen molar-refractivity contribution in [2.75, 3.05) is 31.0 Å². The average molecular weight is 479 g/mol. The lowest BCUT2D eigenvalue weighted by atomic mass is 10.0. The van der Waals surface area contributed by atoms with Gasteiger partial charge in [0.1, 0.15) is 9.84 Å². The maximum Gasteiger partial charge on any atom is 0.338 e. The van der Waals surface area contributed by atoms with Crippen LogP contribution in [0.15, 0.2) is 36.4 Å². The number of carbonyl (C=O) groups is 3. The van der Waals surface area contributed by atoms with Crippen molar-refractivity contribution in [2.45, 2.75) is 19.9 Å². The summed E-state index contributed by atoms with van der Waals surface area (Å²) in [5, 5.41) is 14.6. The smallest absolute Gasteiger partial charge is 0.338 e. The highest BCUT2D eigenvalue weighted by Gasteiger charge is 2.26. The van der Waals surface area contributed by atoms with Gasteiger partial charge in [0.2, 0.25) is 5.91 Å². The summed E-state index contributed by atoms with van der Waals surface area (Å²) in [7, 11) is -2.09. The van der Waals surface area contributed by atoms with Crippen molar-refractivity contribution in [2.24, 2.45) is 0 Å². The molecule has 10 nitrogen and oxygen atoms in total. The van der Waals surface area contributed by atoms with E-state index in [2.05, 4.69) is 10.6 Å². The van der Waals surface area contributed by atoms with Crippen LogP contribution in [0.25, 0.3) is 0 Å². The molecule has 1 atom stereocenters. The highest BCUT2D eigenvalue weighted by molar-refractivity contribution is 7.90. The molecule has 2 aromatic carbocycles. The lowest BCUT2D eigenvalue weighted by Crippen LogP contribution is -2.34. The Morgan fingerprint density at radius 2 is 1.82 bits per heavy atom. The molecule has 0 bridgehead atoms. The zero-order chi connectivity index (χ0) is 24.8. The fourth-order valence-corrected chi connectivity index (χ4v) is 4.09. The summed E-state index contributed by atoms with van der Waals surface area (Å²) >= 11 is 0. The number of methoxy groups -OCH3 is 1.